The fourth-order valence-electron chi connectivity index (χ4n) is 2.35. The van der Waals surface area contributed by atoms with Crippen LogP contribution in [0.25, 0.3) is 0 Å². The number of ether oxygens (including phenoxy) is 1. The number of nitrogens with two attached hydrogens (primary N) is 1. The van der Waals surface area contributed by atoms with Gasteiger partial charge in [0, 0.05) is 19.7 Å². The van der Waals surface area contributed by atoms with E-state index in [0.29, 0.717) is 5.92 Å². The van der Waals surface area contributed by atoms with Crippen molar-refractivity contribution in [1.82, 2.24) is 4.90 Å². The van der Waals surface area contributed by atoms with Crippen molar-refractivity contribution in [3.05, 3.63) is 0 Å². The van der Waals surface area contributed by atoms with Crippen LogP contribution in [0.5, 0.6) is 0 Å². The molecule has 17 heavy (non-hydrogen) atoms. The van der Waals surface area contributed by atoms with Gasteiger partial charge in [-0.1, -0.05) is 13.3 Å². The van der Waals surface area contributed by atoms with E-state index in [1.165, 1.54) is 0 Å². The second kappa shape index (κ2) is 7.67. The largest absolute Gasteiger partial charge is 0.381 e. The van der Waals surface area contributed by atoms with Crippen molar-refractivity contribution >= 4 is 5.91 Å². The Hall–Kier alpha value is -0.610. The smallest absolute Gasteiger partial charge is 0.239 e. The molecular weight excluding hydrogens is 216 g/mol. The van der Waals surface area contributed by atoms with Crippen molar-refractivity contribution in [2.24, 2.45) is 11.7 Å². The van der Waals surface area contributed by atoms with Gasteiger partial charge in [0.15, 0.2) is 0 Å². The average molecular weight is 242 g/mol. The van der Waals surface area contributed by atoms with Gasteiger partial charge in [-0.15, -0.1) is 0 Å². The fraction of sp³-hybridized carbons (Fsp3) is 0.923. The summed E-state index contributed by atoms with van der Waals surface area (Å²) in [5.74, 6) is 0.606. The van der Waals surface area contributed by atoms with Crippen LogP contribution < -0.4 is 5.73 Å². The molecule has 2 atom stereocenters. The lowest BCUT2D eigenvalue weighted by Crippen LogP contribution is -2.48. The molecule has 0 radical (unpaired) electrons. The number of likely N-dealkylation sites (tertiary alicyclic amines) is 1. The van der Waals surface area contributed by atoms with Crippen molar-refractivity contribution in [2.75, 3.05) is 26.3 Å². The Balaban J connectivity index is 2.39. The zero-order valence-corrected chi connectivity index (χ0v) is 11.2. The Labute approximate surface area is 104 Å². The lowest BCUT2D eigenvalue weighted by molar-refractivity contribution is -0.135. The van der Waals surface area contributed by atoms with E-state index in [2.05, 4.69) is 6.92 Å². The predicted molar refractivity (Wildman–Crippen MR) is 68.7 cm³/mol. The highest BCUT2D eigenvalue weighted by atomic mass is 16.5. The van der Waals surface area contributed by atoms with Crippen molar-refractivity contribution in [2.45, 2.75) is 45.6 Å². The van der Waals surface area contributed by atoms with E-state index in [1.54, 1.807) is 0 Å². The van der Waals surface area contributed by atoms with E-state index in [1.807, 2.05) is 11.8 Å². The molecule has 1 aliphatic heterocycles. The van der Waals surface area contributed by atoms with Gasteiger partial charge in [-0.25, -0.2) is 0 Å². The number of rotatable bonds is 6. The third kappa shape index (κ3) is 4.64. The highest BCUT2D eigenvalue weighted by molar-refractivity contribution is 5.81. The molecule has 0 bridgehead atoms. The van der Waals surface area contributed by atoms with Gasteiger partial charge in [-0.05, 0) is 32.1 Å². The van der Waals surface area contributed by atoms with Crippen molar-refractivity contribution in [1.29, 1.82) is 0 Å². The number of hydrogen-bond acceptors (Lipinski definition) is 3. The topological polar surface area (TPSA) is 55.6 Å². The SMILES string of the molecule is CCCC(N)C(=O)N1CCCC(COCC)C1. The van der Waals surface area contributed by atoms with Gasteiger partial charge < -0.3 is 15.4 Å². The Morgan fingerprint density at radius 1 is 1.53 bits per heavy atom. The zero-order valence-electron chi connectivity index (χ0n) is 11.2. The summed E-state index contributed by atoms with van der Waals surface area (Å²) in [6.45, 7) is 7.25. The van der Waals surface area contributed by atoms with Crippen LogP contribution in [-0.4, -0.2) is 43.2 Å². The Kier molecular flexibility index (Phi) is 6.52. The number of piperidine rings is 1. The molecule has 2 unspecified atom stereocenters. The Bertz CT molecular complexity index is 233. The van der Waals surface area contributed by atoms with Crippen molar-refractivity contribution in [3.8, 4) is 0 Å². The van der Waals surface area contributed by atoms with Gasteiger partial charge >= 0.3 is 0 Å². The first-order valence-electron chi connectivity index (χ1n) is 6.81. The highest BCUT2D eigenvalue weighted by Gasteiger charge is 2.26. The minimum Gasteiger partial charge on any atom is -0.381 e. The van der Waals surface area contributed by atoms with Crippen LogP contribution in [0.1, 0.15) is 39.5 Å². The summed E-state index contributed by atoms with van der Waals surface area (Å²) >= 11 is 0. The number of carbonyl (C=O) groups excluding carboxylic acids is 1. The van der Waals surface area contributed by atoms with Gasteiger partial charge in [-0.2, -0.15) is 0 Å². The molecule has 0 aromatic heterocycles. The number of carbonyl (C=O) groups is 1. The van der Waals surface area contributed by atoms with Crippen LogP contribution in [0.15, 0.2) is 0 Å². The monoisotopic (exact) mass is 242 g/mol. The summed E-state index contributed by atoms with van der Waals surface area (Å²) in [6.07, 6.45) is 3.98. The van der Waals surface area contributed by atoms with E-state index in [-0.39, 0.29) is 11.9 Å². The summed E-state index contributed by atoms with van der Waals surface area (Å²) in [6, 6.07) is -0.314. The first-order valence-corrected chi connectivity index (χ1v) is 6.81. The lowest BCUT2D eigenvalue weighted by Gasteiger charge is -2.34. The zero-order chi connectivity index (χ0) is 12.7. The maximum atomic E-state index is 12.1. The summed E-state index contributed by atoms with van der Waals surface area (Å²) in [7, 11) is 0. The van der Waals surface area contributed by atoms with Gasteiger partial charge in [0.2, 0.25) is 5.91 Å². The maximum absolute atomic E-state index is 12.1. The molecule has 4 nitrogen and oxygen atoms in total. The molecule has 4 heteroatoms. The molecule has 1 aliphatic rings. The molecule has 2 N–H and O–H groups in total. The highest BCUT2D eigenvalue weighted by Crippen LogP contribution is 2.17. The van der Waals surface area contributed by atoms with E-state index in [4.69, 9.17) is 10.5 Å². The molecule has 1 saturated heterocycles. The molecule has 0 spiro atoms. The first-order chi connectivity index (χ1) is 8.19. The van der Waals surface area contributed by atoms with Crippen LogP contribution in [0, 0.1) is 5.92 Å². The summed E-state index contributed by atoms with van der Waals surface area (Å²) in [4.78, 5) is 14.0. The Morgan fingerprint density at radius 3 is 2.94 bits per heavy atom. The van der Waals surface area contributed by atoms with Crippen LogP contribution in [0.3, 0.4) is 0 Å². The predicted octanol–water partition coefficient (Wildman–Crippen LogP) is 1.39. The molecule has 100 valence electrons. The van der Waals surface area contributed by atoms with E-state index < -0.39 is 0 Å². The molecule has 1 rings (SSSR count). The molecule has 0 aliphatic carbocycles. The van der Waals surface area contributed by atoms with Crippen LogP contribution in [-0.2, 0) is 9.53 Å². The minimum atomic E-state index is -0.314. The van der Waals surface area contributed by atoms with E-state index in [0.717, 1.165) is 52.0 Å². The minimum absolute atomic E-state index is 0.119. The van der Waals surface area contributed by atoms with Crippen LogP contribution in [0.4, 0.5) is 0 Å². The average Bonchev–Trinajstić information content (AvgIpc) is 2.36. The third-order valence-corrected chi connectivity index (χ3v) is 3.31. The summed E-state index contributed by atoms with van der Waals surface area (Å²) < 4.78 is 5.44. The van der Waals surface area contributed by atoms with Gasteiger partial charge in [0.25, 0.3) is 0 Å². The molecule has 0 saturated carbocycles. The normalized spacial score (nSPS) is 22.5. The second-order valence-corrected chi connectivity index (χ2v) is 4.85. The Morgan fingerprint density at radius 2 is 2.29 bits per heavy atom. The molecule has 1 fully saturated rings. The third-order valence-electron chi connectivity index (χ3n) is 3.31. The van der Waals surface area contributed by atoms with Crippen molar-refractivity contribution in [3.63, 3.8) is 0 Å². The van der Waals surface area contributed by atoms with Gasteiger partial charge in [0.05, 0.1) is 12.6 Å². The summed E-state index contributed by atoms with van der Waals surface area (Å²) in [5, 5.41) is 0. The molecule has 1 amide bonds. The van der Waals surface area contributed by atoms with Gasteiger partial charge in [0.1, 0.15) is 0 Å². The van der Waals surface area contributed by atoms with Gasteiger partial charge in [-0.3, -0.25) is 4.79 Å². The van der Waals surface area contributed by atoms with Crippen LogP contribution in [0.2, 0.25) is 0 Å². The first kappa shape index (κ1) is 14.5. The number of hydrogen-bond donors (Lipinski definition) is 1. The standard InChI is InChI=1S/C13H26N2O2/c1-3-6-12(14)13(16)15-8-5-7-11(9-15)10-17-4-2/h11-12H,3-10,14H2,1-2H3. The number of amides is 1. The quantitative estimate of drug-likeness (QED) is 0.765. The lowest BCUT2D eigenvalue weighted by atomic mass is 9.98. The van der Waals surface area contributed by atoms with Crippen LogP contribution >= 0.6 is 0 Å². The molecular formula is C13H26N2O2. The molecule has 1 heterocycles. The van der Waals surface area contributed by atoms with E-state index in [9.17, 15) is 4.79 Å². The molecule has 0 aromatic carbocycles. The summed E-state index contributed by atoms with van der Waals surface area (Å²) in [5.41, 5.74) is 5.88. The number of nitrogens with zero attached hydrogens (tertiary/aromatic N) is 1. The fourth-order valence-corrected chi connectivity index (χ4v) is 2.35. The second-order valence-electron chi connectivity index (χ2n) is 4.85. The molecule has 0 aromatic rings. The maximum Gasteiger partial charge on any atom is 0.239 e. The van der Waals surface area contributed by atoms with Crippen molar-refractivity contribution < 1.29 is 9.53 Å². The van der Waals surface area contributed by atoms with E-state index >= 15 is 0 Å².